The largest absolute Gasteiger partial charge is 0.444 e. The minimum atomic E-state index is -3.78. The maximum atomic E-state index is 13.0. The third kappa shape index (κ3) is 4.61. The summed E-state index contributed by atoms with van der Waals surface area (Å²) in [5.41, 5.74) is -2.22. The number of sulfonamides is 1. The normalized spacial score (nSPS) is 31.1. The second kappa shape index (κ2) is 7.52. The molecule has 11 heteroatoms. The molecule has 0 aromatic rings. The predicted octanol–water partition coefficient (Wildman–Crippen LogP) is 0.0260. The molecule has 3 fully saturated rings. The zero-order chi connectivity index (χ0) is 22.5. The van der Waals surface area contributed by atoms with Gasteiger partial charge in [0.15, 0.2) is 0 Å². The molecular formula is C19H29N3O7S. The lowest BCUT2D eigenvalue weighted by Crippen LogP contribution is -2.56. The molecule has 0 spiro atoms. The number of carbonyl (C=O) groups is 3. The Labute approximate surface area is 176 Å². The van der Waals surface area contributed by atoms with Crippen LogP contribution in [0.15, 0.2) is 12.7 Å². The number of carbonyl (C=O) groups excluding carboxylic acids is 3. The molecule has 0 bridgehead atoms. The average Bonchev–Trinajstić information content (AvgIpc) is 3.50. The van der Waals surface area contributed by atoms with E-state index in [1.54, 1.807) is 20.8 Å². The van der Waals surface area contributed by atoms with Crippen molar-refractivity contribution in [2.45, 2.75) is 75.0 Å². The van der Waals surface area contributed by atoms with Gasteiger partial charge in [0, 0.05) is 12.3 Å². The third-order valence-corrected chi connectivity index (χ3v) is 7.28. The summed E-state index contributed by atoms with van der Waals surface area (Å²) >= 11 is 0. The number of nitrogens with one attached hydrogen (secondary N) is 2. The van der Waals surface area contributed by atoms with Crippen LogP contribution >= 0.6 is 0 Å². The first-order chi connectivity index (χ1) is 13.8. The van der Waals surface area contributed by atoms with E-state index in [1.165, 1.54) is 6.08 Å². The first kappa shape index (κ1) is 22.5. The highest BCUT2D eigenvalue weighted by Gasteiger charge is 2.61. The van der Waals surface area contributed by atoms with Crippen molar-refractivity contribution in [2.24, 2.45) is 5.92 Å². The van der Waals surface area contributed by atoms with E-state index in [1.807, 2.05) is 0 Å². The highest BCUT2D eigenvalue weighted by molar-refractivity contribution is 7.91. The number of aliphatic hydroxyl groups excluding tert-OH is 1. The number of nitrogens with zero attached hydrogens (tertiary/aromatic N) is 1. The van der Waals surface area contributed by atoms with Crippen molar-refractivity contribution in [3.63, 3.8) is 0 Å². The van der Waals surface area contributed by atoms with Gasteiger partial charge in [-0.2, -0.15) is 0 Å². The summed E-state index contributed by atoms with van der Waals surface area (Å²) in [5, 5.41) is 12.0. The topological polar surface area (TPSA) is 142 Å². The highest BCUT2D eigenvalue weighted by atomic mass is 32.2. The molecule has 3 amide bonds. The quantitative estimate of drug-likeness (QED) is 0.492. The van der Waals surface area contributed by atoms with Gasteiger partial charge in [-0.3, -0.25) is 19.2 Å². The number of β-amino-alcohol motifs (C(OH)–C–C–N with tert-alkyl or cyclic N) is 1. The smallest absolute Gasteiger partial charge is 0.411 e. The summed E-state index contributed by atoms with van der Waals surface area (Å²) in [6, 6.07) is -1.04. The maximum Gasteiger partial charge on any atom is 0.411 e. The monoisotopic (exact) mass is 443 g/mol. The third-order valence-electron chi connectivity index (χ3n) is 5.46. The van der Waals surface area contributed by atoms with E-state index in [4.69, 9.17) is 4.74 Å². The molecule has 30 heavy (non-hydrogen) atoms. The molecule has 3 rings (SSSR count). The van der Waals surface area contributed by atoms with E-state index in [0.29, 0.717) is 12.8 Å². The van der Waals surface area contributed by atoms with Crippen molar-refractivity contribution >= 4 is 27.9 Å². The molecule has 10 nitrogen and oxygen atoms in total. The van der Waals surface area contributed by atoms with Crippen molar-refractivity contribution in [3.05, 3.63) is 12.7 Å². The highest BCUT2D eigenvalue weighted by Crippen LogP contribution is 2.45. The zero-order valence-corrected chi connectivity index (χ0v) is 18.2. The summed E-state index contributed by atoms with van der Waals surface area (Å²) in [5.74, 6) is -1.90. The molecule has 1 saturated heterocycles. The molecule has 3 N–H and O–H groups in total. The van der Waals surface area contributed by atoms with Crippen LogP contribution in [-0.4, -0.2) is 71.4 Å². The van der Waals surface area contributed by atoms with E-state index in [0.717, 1.165) is 4.90 Å². The number of hydrogen-bond donors (Lipinski definition) is 3. The molecule has 2 saturated carbocycles. The zero-order valence-electron chi connectivity index (χ0n) is 17.4. The minimum Gasteiger partial charge on any atom is -0.444 e. The van der Waals surface area contributed by atoms with E-state index in [9.17, 15) is 27.9 Å². The number of amides is 3. The standard InChI is InChI=1S/C19H29N3O7S/c1-5-11-9-19(11,16(25)21-30(27,28)13-6-7-13)20-15(24)14-8-12(23)10-22(14)17(26)29-18(2,3)4/h5,11-14,23H,1,6-10H2,2-4H3,(H,20,24)(H,21,25)/t11-,12-,14?,19-/m1/s1. The molecule has 0 aromatic heterocycles. The van der Waals surface area contributed by atoms with Gasteiger partial charge in [-0.1, -0.05) is 6.08 Å². The predicted molar refractivity (Wildman–Crippen MR) is 107 cm³/mol. The van der Waals surface area contributed by atoms with Crippen molar-refractivity contribution in [1.29, 1.82) is 0 Å². The van der Waals surface area contributed by atoms with Crippen LogP contribution in [0.4, 0.5) is 4.79 Å². The Balaban J connectivity index is 1.73. The fourth-order valence-electron chi connectivity index (χ4n) is 3.60. The minimum absolute atomic E-state index is 0.0120. The number of ether oxygens (including phenoxy) is 1. The Morgan fingerprint density at radius 1 is 1.27 bits per heavy atom. The Hall–Kier alpha value is -2.14. The fourth-order valence-corrected chi connectivity index (χ4v) is 4.97. The molecule has 4 atom stereocenters. The summed E-state index contributed by atoms with van der Waals surface area (Å²) in [6.07, 6.45) is 1.01. The lowest BCUT2D eigenvalue weighted by molar-refractivity contribution is -0.131. The van der Waals surface area contributed by atoms with Gasteiger partial charge in [-0.25, -0.2) is 13.2 Å². The van der Waals surface area contributed by atoms with Crippen LogP contribution in [0.25, 0.3) is 0 Å². The van der Waals surface area contributed by atoms with Crippen molar-refractivity contribution in [2.75, 3.05) is 6.54 Å². The summed E-state index contributed by atoms with van der Waals surface area (Å²) < 4.78 is 31.7. The SMILES string of the molecule is C=C[C@@H]1C[C@]1(NC(=O)C1C[C@@H](O)CN1C(=O)OC(C)(C)C)C(=O)NS(=O)(=O)C1CC1. The average molecular weight is 444 g/mol. The van der Waals surface area contributed by atoms with Gasteiger partial charge in [0.1, 0.15) is 17.2 Å². The Kier molecular flexibility index (Phi) is 5.65. The van der Waals surface area contributed by atoms with Crippen molar-refractivity contribution in [3.8, 4) is 0 Å². The van der Waals surface area contributed by atoms with Crippen LogP contribution in [-0.2, 0) is 24.3 Å². The second-order valence-corrected chi connectivity index (χ2v) is 11.2. The Morgan fingerprint density at radius 2 is 1.90 bits per heavy atom. The van der Waals surface area contributed by atoms with Crippen LogP contribution in [0, 0.1) is 5.92 Å². The van der Waals surface area contributed by atoms with Gasteiger partial charge in [-0.05, 0) is 40.0 Å². The molecule has 0 radical (unpaired) electrons. The van der Waals surface area contributed by atoms with Crippen LogP contribution < -0.4 is 10.0 Å². The lowest BCUT2D eigenvalue weighted by Gasteiger charge is -2.29. The van der Waals surface area contributed by atoms with E-state index in [2.05, 4.69) is 16.6 Å². The molecule has 3 aliphatic rings. The summed E-state index contributed by atoms with van der Waals surface area (Å²) in [6.45, 7) is 8.62. The number of likely N-dealkylation sites (tertiary alicyclic amines) is 1. The number of rotatable bonds is 6. The maximum absolute atomic E-state index is 13.0. The van der Waals surface area contributed by atoms with Gasteiger partial charge >= 0.3 is 6.09 Å². The number of aliphatic hydroxyl groups is 1. The van der Waals surface area contributed by atoms with Crippen LogP contribution in [0.5, 0.6) is 0 Å². The molecule has 1 heterocycles. The molecule has 0 aromatic carbocycles. The fraction of sp³-hybridized carbons (Fsp3) is 0.737. The van der Waals surface area contributed by atoms with Crippen LogP contribution in [0.2, 0.25) is 0 Å². The van der Waals surface area contributed by atoms with E-state index >= 15 is 0 Å². The van der Waals surface area contributed by atoms with Gasteiger partial charge in [0.25, 0.3) is 5.91 Å². The van der Waals surface area contributed by atoms with E-state index in [-0.39, 0.29) is 19.4 Å². The molecule has 1 aliphatic heterocycles. The van der Waals surface area contributed by atoms with Crippen molar-refractivity contribution < 1.29 is 32.6 Å². The van der Waals surface area contributed by atoms with Crippen molar-refractivity contribution in [1.82, 2.24) is 14.9 Å². The first-order valence-corrected chi connectivity index (χ1v) is 11.5. The Bertz CT molecular complexity index is 862. The Morgan fingerprint density at radius 3 is 2.40 bits per heavy atom. The van der Waals surface area contributed by atoms with Crippen LogP contribution in [0.1, 0.15) is 46.5 Å². The summed E-state index contributed by atoms with van der Waals surface area (Å²) in [4.78, 5) is 39.3. The molecular weight excluding hydrogens is 414 g/mol. The van der Waals surface area contributed by atoms with Gasteiger partial charge < -0.3 is 15.2 Å². The number of hydrogen-bond acceptors (Lipinski definition) is 7. The van der Waals surface area contributed by atoms with Gasteiger partial charge in [-0.15, -0.1) is 6.58 Å². The second-order valence-electron chi connectivity index (χ2n) is 9.22. The van der Waals surface area contributed by atoms with Gasteiger partial charge in [0.05, 0.1) is 17.9 Å². The van der Waals surface area contributed by atoms with E-state index < -0.39 is 62.4 Å². The van der Waals surface area contributed by atoms with Crippen LogP contribution in [0.3, 0.4) is 0 Å². The lowest BCUT2D eigenvalue weighted by atomic mass is 10.1. The van der Waals surface area contributed by atoms with Gasteiger partial charge in [0.2, 0.25) is 15.9 Å². The molecule has 2 aliphatic carbocycles. The summed E-state index contributed by atoms with van der Waals surface area (Å²) in [7, 11) is -3.78. The molecule has 168 valence electrons. The first-order valence-electron chi connectivity index (χ1n) is 9.97. The molecule has 1 unspecified atom stereocenters.